The van der Waals surface area contributed by atoms with Crippen LogP contribution in [0.4, 0.5) is 11.4 Å². The van der Waals surface area contributed by atoms with E-state index in [0.717, 1.165) is 5.69 Å². The molecule has 3 N–H and O–H groups in total. The molecular formula is C8H9N5O2. The fourth-order valence-corrected chi connectivity index (χ4v) is 1.28. The molecule has 1 heterocycles. The van der Waals surface area contributed by atoms with Crippen LogP contribution in [-0.4, -0.2) is 23.4 Å². The number of rotatable bonds is 4. The summed E-state index contributed by atoms with van der Waals surface area (Å²) >= 11 is 0. The number of benzene rings is 1. The van der Waals surface area contributed by atoms with Crippen molar-refractivity contribution in [1.29, 1.82) is 0 Å². The van der Waals surface area contributed by atoms with Crippen LogP contribution in [0.15, 0.2) is 21.9 Å². The number of anilines is 1. The summed E-state index contributed by atoms with van der Waals surface area (Å²) < 4.78 is 4.56. The number of hydrogen-bond acceptors (Lipinski definition) is 7. The molecule has 7 nitrogen and oxygen atoms in total. The fourth-order valence-electron chi connectivity index (χ4n) is 1.28. The van der Waals surface area contributed by atoms with Gasteiger partial charge >= 0.3 is 0 Å². The standard InChI is InChI=1S/C8H9N5O2/c9-3-4-10-5-1-2-6(11-14)8-7(5)12-15-13-8/h1-2,10H,3-4,9H2. The van der Waals surface area contributed by atoms with Gasteiger partial charge in [0.2, 0.25) is 0 Å². The maximum Gasteiger partial charge on any atom is 0.166 e. The van der Waals surface area contributed by atoms with Crippen LogP contribution in [0.3, 0.4) is 0 Å². The van der Waals surface area contributed by atoms with E-state index in [1.54, 1.807) is 12.1 Å². The molecular weight excluding hydrogens is 198 g/mol. The zero-order valence-corrected chi connectivity index (χ0v) is 7.80. The SMILES string of the molecule is NCCNc1ccc(N=O)c2nonc12. The molecule has 0 radical (unpaired) electrons. The number of nitrogens with two attached hydrogens (primary N) is 1. The molecule has 0 aliphatic heterocycles. The van der Waals surface area contributed by atoms with Crippen molar-refractivity contribution >= 4 is 22.4 Å². The molecule has 0 aliphatic rings. The van der Waals surface area contributed by atoms with E-state index in [-0.39, 0.29) is 5.69 Å². The van der Waals surface area contributed by atoms with E-state index in [0.29, 0.717) is 24.1 Å². The van der Waals surface area contributed by atoms with Crippen LogP contribution in [0, 0.1) is 4.91 Å². The topological polar surface area (TPSA) is 106 Å². The normalized spacial score (nSPS) is 10.5. The number of fused-ring (bicyclic) bond motifs is 1. The number of aromatic nitrogens is 2. The van der Waals surface area contributed by atoms with Gasteiger partial charge in [-0.2, -0.15) is 0 Å². The molecule has 2 rings (SSSR count). The van der Waals surface area contributed by atoms with Gasteiger partial charge in [-0.15, -0.1) is 4.91 Å². The van der Waals surface area contributed by atoms with Crippen LogP contribution >= 0.6 is 0 Å². The Bertz CT molecular complexity index is 481. The second-order valence-corrected chi connectivity index (χ2v) is 2.90. The Morgan fingerprint density at radius 1 is 1.40 bits per heavy atom. The second-order valence-electron chi connectivity index (χ2n) is 2.90. The van der Waals surface area contributed by atoms with Gasteiger partial charge in [0, 0.05) is 13.1 Å². The molecule has 1 aromatic carbocycles. The molecule has 0 unspecified atom stereocenters. The minimum atomic E-state index is 0.213. The molecule has 2 aromatic rings. The smallest absolute Gasteiger partial charge is 0.166 e. The number of nitrogens with zero attached hydrogens (tertiary/aromatic N) is 3. The first-order valence-corrected chi connectivity index (χ1v) is 4.39. The largest absolute Gasteiger partial charge is 0.382 e. The van der Waals surface area contributed by atoms with Crippen molar-refractivity contribution in [3.63, 3.8) is 0 Å². The highest BCUT2D eigenvalue weighted by Gasteiger charge is 2.11. The van der Waals surface area contributed by atoms with E-state index < -0.39 is 0 Å². The highest BCUT2D eigenvalue weighted by molar-refractivity contribution is 5.94. The van der Waals surface area contributed by atoms with E-state index in [1.807, 2.05) is 0 Å². The summed E-state index contributed by atoms with van der Waals surface area (Å²) in [6, 6.07) is 3.25. The molecule has 0 amide bonds. The van der Waals surface area contributed by atoms with Gasteiger partial charge in [0.1, 0.15) is 5.69 Å². The number of hydrogen-bond donors (Lipinski definition) is 2. The zero-order chi connectivity index (χ0) is 10.7. The van der Waals surface area contributed by atoms with E-state index in [9.17, 15) is 4.91 Å². The minimum absolute atomic E-state index is 0.213. The zero-order valence-electron chi connectivity index (χ0n) is 7.80. The van der Waals surface area contributed by atoms with E-state index in [4.69, 9.17) is 5.73 Å². The Balaban J connectivity index is 2.48. The summed E-state index contributed by atoms with van der Waals surface area (Å²) in [4.78, 5) is 10.4. The van der Waals surface area contributed by atoms with Gasteiger partial charge in [-0.3, -0.25) is 0 Å². The van der Waals surface area contributed by atoms with Crippen molar-refractivity contribution < 1.29 is 4.63 Å². The first-order valence-electron chi connectivity index (χ1n) is 4.39. The van der Waals surface area contributed by atoms with Crippen LogP contribution in [-0.2, 0) is 0 Å². The predicted molar refractivity (Wildman–Crippen MR) is 54.8 cm³/mol. The Kier molecular flexibility index (Phi) is 2.55. The van der Waals surface area contributed by atoms with Crippen LogP contribution in [0.25, 0.3) is 11.0 Å². The van der Waals surface area contributed by atoms with Gasteiger partial charge in [-0.05, 0) is 27.6 Å². The molecule has 1 aromatic heterocycles. The minimum Gasteiger partial charge on any atom is -0.382 e. The summed E-state index contributed by atoms with van der Waals surface area (Å²) in [6.07, 6.45) is 0. The molecule has 0 saturated carbocycles. The lowest BCUT2D eigenvalue weighted by Crippen LogP contribution is -2.13. The van der Waals surface area contributed by atoms with E-state index in [2.05, 4.69) is 25.4 Å². The third-order valence-electron chi connectivity index (χ3n) is 1.95. The first kappa shape index (κ1) is 9.53. The molecule has 0 fully saturated rings. The second kappa shape index (κ2) is 4.01. The molecule has 7 heteroatoms. The third-order valence-corrected chi connectivity index (χ3v) is 1.95. The maximum absolute atomic E-state index is 10.4. The van der Waals surface area contributed by atoms with E-state index in [1.165, 1.54) is 0 Å². The highest BCUT2D eigenvalue weighted by atomic mass is 16.6. The molecule has 0 aliphatic carbocycles. The van der Waals surface area contributed by atoms with Gasteiger partial charge in [0.05, 0.1) is 5.69 Å². The van der Waals surface area contributed by atoms with Crippen molar-refractivity contribution in [3.05, 3.63) is 17.0 Å². The maximum atomic E-state index is 10.4. The van der Waals surface area contributed by atoms with Crippen molar-refractivity contribution in [2.45, 2.75) is 0 Å². The summed E-state index contributed by atoms with van der Waals surface area (Å²) in [7, 11) is 0. The van der Waals surface area contributed by atoms with Gasteiger partial charge in [0.15, 0.2) is 11.0 Å². The average Bonchev–Trinajstić information content (AvgIpc) is 2.74. The van der Waals surface area contributed by atoms with Crippen LogP contribution in [0.2, 0.25) is 0 Å². The van der Waals surface area contributed by atoms with Crippen molar-refractivity contribution in [3.8, 4) is 0 Å². The van der Waals surface area contributed by atoms with Gasteiger partial charge in [0.25, 0.3) is 0 Å². The number of nitrogens with one attached hydrogen (secondary N) is 1. The van der Waals surface area contributed by atoms with Gasteiger partial charge in [-0.25, -0.2) is 4.63 Å². The lowest BCUT2D eigenvalue weighted by Gasteiger charge is -2.03. The van der Waals surface area contributed by atoms with Crippen LogP contribution in [0.1, 0.15) is 0 Å². The lowest BCUT2D eigenvalue weighted by molar-refractivity contribution is 0.315. The molecule has 0 atom stereocenters. The molecule has 0 spiro atoms. The van der Waals surface area contributed by atoms with Crippen molar-refractivity contribution in [2.75, 3.05) is 18.4 Å². The molecule has 15 heavy (non-hydrogen) atoms. The number of nitroso groups, excluding NO2 is 1. The Morgan fingerprint density at radius 2 is 2.20 bits per heavy atom. The first-order chi connectivity index (χ1) is 7.36. The monoisotopic (exact) mass is 207 g/mol. The quantitative estimate of drug-likeness (QED) is 0.724. The molecule has 78 valence electrons. The third kappa shape index (κ3) is 1.64. The highest BCUT2D eigenvalue weighted by Crippen LogP contribution is 2.28. The molecule has 0 saturated heterocycles. The van der Waals surface area contributed by atoms with E-state index >= 15 is 0 Å². The van der Waals surface area contributed by atoms with Gasteiger partial charge < -0.3 is 11.1 Å². The van der Waals surface area contributed by atoms with Crippen LogP contribution < -0.4 is 11.1 Å². The summed E-state index contributed by atoms with van der Waals surface area (Å²) in [5.74, 6) is 0. The average molecular weight is 207 g/mol. The Hall–Kier alpha value is -2.02. The summed E-state index contributed by atoms with van der Waals surface area (Å²) in [6.45, 7) is 1.11. The molecule has 0 bridgehead atoms. The summed E-state index contributed by atoms with van der Waals surface area (Å²) in [5, 5.41) is 13.2. The summed E-state index contributed by atoms with van der Waals surface area (Å²) in [5.41, 5.74) is 7.14. The lowest BCUT2D eigenvalue weighted by atomic mass is 10.2. The van der Waals surface area contributed by atoms with Crippen LogP contribution in [0.5, 0.6) is 0 Å². The Labute approximate surface area is 84.6 Å². The predicted octanol–water partition coefficient (Wildman–Crippen LogP) is 0.991. The van der Waals surface area contributed by atoms with Crippen molar-refractivity contribution in [1.82, 2.24) is 10.3 Å². The van der Waals surface area contributed by atoms with Gasteiger partial charge in [-0.1, -0.05) is 0 Å². The Morgan fingerprint density at radius 3 is 2.93 bits per heavy atom. The van der Waals surface area contributed by atoms with Crippen molar-refractivity contribution in [2.24, 2.45) is 10.9 Å². The fraction of sp³-hybridized carbons (Fsp3) is 0.250.